The number of halogens is 1. The molecule has 4 rings (SSSR count). The van der Waals surface area contributed by atoms with Gasteiger partial charge in [-0.25, -0.2) is 9.97 Å². The number of nitrogens with zero attached hydrogens (tertiary/aromatic N) is 2. The molecule has 0 aliphatic rings. The second kappa shape index (κ2) is 6.81. The van der Waals surface area contributed by atoms with Crippen LogP contribution in [0.15, 0.2) is 48.5 Å². The molecule has 0 bridgehead atoms. The number of rotatable bonds is 2. The molecule has 0 saturated carbocycles. The Balaban J connectivity index is 0.00000196. The van der Waals surface area contributed by atoms with E-state index in [0.29, 0.717) is 17.5 Å². The van der Waals surface area contributed by atoms with Crippen molar-refractivity contribution in [2.75, 3.05) is 0 Å². The molecule has 0 atom stereocenters. The van der Waals surface area contributed by atoms with E-state index >= 15 is 0 Å². The minimum Gasteiger partial charge on any atom is -0.506 e. The first-order chi connectivity index (χ1) is 12.0. The molecule has 0 aliphatic carbocycles. The molecule has 0 fully saturated rings. The van der Waals surface area contributed by atoms with Crippen LogP contribution in [0.4, 0.5) is 0 Å². The monoisotopic (exact) mass is 366 g/mol. The lowest BCUT2D eigenvalue weighted by Crippen LogP contribution is -1.95. The molecule has 0 aliphatic heterocycles. The minimum atomic E-state index is 0. The molecule has 2 heterocycles. The van der Waals surface area contributed by atoms with Gasteiger partial charge in [0.15, 0.2) is 0 Å². The van der Waals surface area contributed by atoms with Gasteiger partial charge in [0.1, 0.15) is 22.5 Å². The summed E-state index contributed by atoms with van der Waals surface area (Å²) in [5.41, 5.74) is 5.13. The number of phenols is 2. The van der Waals surface area contributed by atoms with Crippen LogP contribution >= 0.6 is 12.4 Å². The number of benzene rings is 2. The van der Waals surface area contributed by atoms with Crippen molar-refractivity contribution < 1.29 is 10.2 Å². The van der Waals surface area contributed by atoms with Crippen molar-refractivity contribution in [3.63, 3.8) is 0 Å². The Morgan fingerprint density at radius 2 is 1.08 bits per heavy atom. The number of hydrogen-bond donors (Lipinski definition) is 2. The van der Waals surface area contributed by atoms with Crippen LogP contribution in [0.3, 0.4) is 0 Å². The quantitative estimate of drug-likeness (QED) is 0.533. The third kappa shape index (κ3) is 3.04. The van der Waals surface area contributed by atoms with Crippen molar-refractivity contribution in [2.24, 2.45) is 0 Å². The van der Waals surface area contributed by atoms with Gasteiger partial charge < -0.3 is 10.2 Å². The smallest absolute Gasteiger partial charge is 0.141 e. The van der Waals surface area contributed by atoms with Gasteiger partial charge in [-0.1, -0.05) is 24.3 Å². The van der Waals surface area contributed by atoms with Gasteiger partial charge in [0.05, 0.1) is 0 Å². The third-order valence-corrected chi connectivity index (χ3v) is 4.51. The van der Waals surface area contributed by atoms with Gasteiger partial charge in [0.25, 0.3) is 0 Å². The van der Waals surface area contributed by atoms with Crippen LogP contribution in [0.1, 0.15) is 22.5 Å². The first-order valence-corrected chi connectivity index (χ1v) is 8.19. The fraction of sp³-hybridized carbons (Fsp3) is 0.143. The lowest BCUT2D eigenvalue weighted by atomic mass is 9.96. The summed E-state index contributed by atoms with van der Waals surface area (Å²) in [5, 5.41) is 22.1. The fourth-order valence-electron chi connectivity index (χ4n) is 3.23. The Morgan fingerprint density at radius 1 is 0.654 bits per heavy atom. The Bertz CT molecular complexity index is 1040. The lowest BCUT2D eigenvalue weighted by Gasteiger charge is -2.11. The van der Waals surface area contributed by atoms with Crippen LogP contribution in [0.2, 0.25) is 0 Å². The van der Waals surface area contributed by atoms with Gasteiger partial charge in [-0.15, -0.1) is 12.4 Å². The Hall–Kier alpha value is -2.85. The van der Waals surface area contributed by atoms with E-state index < -0.39 is 0 Å². The summed E-state index contributed by atoms with van der Waals surface area (Å²) in [6.45, 7) is 3.82. The van der Waals surface area contributed by atoms with Gasteiger partial charge in [0.2, 0.25) is 0 Å². The largest absolute Gasteiger partial charge is 0.506 e. The maximum atomic E-state index is 10.1. The van der Waals surface area contributed by atoms with E-state index in [4.69, 9.17) is 0 Å². The number of aromatic hydroxyl groups is 2. The summed E-state index contributed by atoms with van der Waals surface area (Å²) < 4.78 is 0. The highest BCUT2D eigenvalue weighted by atomic mass is 35.5. The molecule has 26 heavy (non-hydrogen) atoms. The van der Waals surface area contributed by atoms with Crippen molar-refractivity contribution in [2.45, 2.75) is 20.3 Å². The molecule has 2 aromatic heterocycles. The van der Waals surface area contributed by atoms with Crippen LogP contribution < -0.4 is 0 Å². The highest BCUT2D eigenvalue weighted by molar-refractivity contribution is 5.90. The predicted octanol–water partition coefficient (Wildman–Crippen LogP) is 4.82. The second-order valence-electron chi connectivity index (χ2n) is 6.36. The number of aromatic nitrogens is 2. The molecule has 0 amide bonds. The zero-order valence-corrected chi connectivity index (χ0v) is 15.3. The number of hydrogen-bond acceptors (Lipinski definition) is 4. The summed E-state index contributed by atoms with van der Waals surface area (Å²) >= 11 is 0. The Morgan fingerprint density at radius 3 is 1.50 bits per heavy atom. The average Bonchev–Trinajstić information content (AvgIpc) is 2.60. The van der Waals surface area contributed by atoms with E-state index in [9.17, 15) is 10.2 Å². The Kier molecular flexibility index (Phi) is 4.70. The molecule has 5 heteroatoms. The minimum absolute atomic E-state index is 0. The molecule has 0 radical (unpaired) electrons. The normalized spacial score (nSPS) is 10.8. The average molecular weight is 367 g/mol. The summed E-state index contributed by atoms with van der Waals surface area (Å²) in [5.74, 6) is 0.380. The zero-order valence-electron chi connectivity index (χ0n) is 14.5. The molecule has 2 aromatic carbocycles. The Labute approximate surface area is 157 Å². The van der Waals surface area contributed by atoms with Crippen molar-refractivity contribution in [1.29, 1.82) is 0 Å². The number of pyridine rings is 2. The van der Waals surface area contributed by atoms with Crippen LogP contribution in [-0.2, 0) is 6.42 Å². The topological polar surface area (TPSA) is 66.2 Å². The lowest BCUT2D eigenvalue weighted by molar-refractivity contribution is 0.480. The van der Waals surface area contributed by atoms with Crippen molar-refractivity contribution in [3.05, 3.63) is 71.0 Å². The zero-order chi connectivity index (χ0) is 17.6. The summed E-state index contributed by atoms with van der Waals surface area (Å²) in [4.78, 5) is 8.93. The molecule has 4 nitrogen and oxygen atoms in total. The molecular formula is C21H19ClN2O2. The number of aryl methyl sites for hydroxylation is 2. The standard InChI is InChI=1S/C21H18N2O2.ClH/c1-12-3-7-16-14(5-9-18(24)20(16)22-12)11-15-6-10-19(25)21-17(15)8-4-13(2)23-21;/h3-10,24-25H,11H2,1-2H3;1H. The summed E-state index contributed by atoms with van der Waals surface area (Å²) in [6.07, 6.45) is 0.670. The maximum absolute atomic E-state index is 10.1. The van der Waals surface area contributed by atoms with Crippen LogP contribution in [0.25, 0.3) is 21.8 Å². The summed E-state index contributed by atoms with van der Waals surface area (Å²) in [7, 11) is 0. The van der Waals surface area contributed by atoms with E-state index in [2.05, 4.69) is 9.97 Å². The van der Waals surface area contributed by atoms with E-state index in [1.54, 1.807) is 12.1 Å². The van der Waals surface area contributed by atoms with Crippen molar-refractivity contribution in [3.8, 4) is 11.5 Å². The van der Waals surface area contributed by atoms with Crippen LogP contribution in [0, 0.1) is 13.8 Å². The molecule has 0 unspecified atom stereocenters. The number of fused-ring (bicyclic) bond motifs is 2. The molecule has 132 valence electrons. The molecule has 0 spiro atoms. The molecule has 4 aromatic rings. The van der Waals surface area contributed by atoms with Crippen LogP contribution in [-0.4, -0.2) is 20.2 Å². The highest BCUT2D eigenvalue weighted by Crippen LogP contribution is 2.31. The first-order valence-electron chi connectivity index (χ1n) is 8.19. The van der Waals surface area contributed by atoms with Crippen LogP contribution in [0.5, 0.6) is 11.5 Å². The van der Waals surface area contributed by atoms with Gasteiger partial charge in [0, 0.05) is 22.2 Å². The number of phenolic OH excluding ortho intramolecular Hbond substituents is 2. The highest BCUT2D eigenvalue weighted by Gasteiger charge is 2.11. The molecular weight excluding hydrogens is 348 g/mol. The van der Waals surface area contributed by atoms with E-state index in [1.807, 2.05) is 50.2 Å². The fourth-order valence-corrected chi connectivity index (χ4v) is 3.23. The van der Waals surface area contributed by atoms with E-state index in [0.717, 1.165) is 33.3 Å². The first kappa shape index (κ1) is 18.0. The third-order valence-electron chi connectivity index (χ3n) is 4.51. The maximum Gasteiger partial charge on any atom is 0.141 e. The molecule has 2 N–H and O–H groups in total. The SMILES string of the molecule is Cc1ccc2c(Cc3ccc(O)c4nc(C)ccc34)ccc(O)c2n1.Cl. The summed E-state index contributed by atoms with van der Waals surface area (Å²) in [6, 6.07) is 15.1. The second-order valence-corrected chi connectivity index (χ2v) is 6.36. The van der Waals surface area contributed by atoms with Gasteiger partial charge >= 0.3 is 0 Å². The van der Waals surface area contributed by atoms with E-state index in [-0.39, 0.29) is 23.9 Å². The van der Waals surface area contributed by atoms with E-state index in [1.165, 1.54) is 0 Å². The predicted molar refractivity (Wildman–Crippen MR) is 106 cm³/mol. The van der Waals surface area contributed by atoms with Gasteiger partial charge in [-0.3, -0.25) is 0 Å². The van der Waals surface area contributed by atoms with Crippen molar-refractivity contribution >= 4 is 34.2 Å². The van der Waals surface area contributed by atoms with Crippen molar-refractivity contribution in [1.82, 2.24) is 9.97 Å². The molecule has 0 saturated heterocycles. The van der Waals surface area contributed by atoms with Gasteiger partial charge in [-0.05, 0) is 55.7 Å². The van der Waals surface area contributed by atoms with Gasteiger partial charge in [-0.2, -0.15) is 0 Å².